The Balaban J connectivity index is 0.000000441. The molecule has 3 rings (SSSR count). The number of nitrogens with one attached hydrogen (secondary N) is 1. The molecule has 0 spiro atoms. The van der Waals surface area contributed by atoms with E-state index in [1.54, 1.807) is 4.90 Å². The van der Waals surface area contributed by atoms with Gasteiger partial charge in [0.2, 0.25) is 0 Å². The molecule has 146 valence electrons. The van der Waals surface area contributed by atoms with Crippen LogP contribution in [0.5, 0.6) is 0 Å². The maximum Gasteiger partial charge on any atom is 0.103 e. The predicted molar refractivity (Wildman–Crippen MR) is 110 cm³/mol. The minimum Gasteiger partial charge on any atom is -0.344 e. The van der Waals surface area contributed by atoms with Crippen LogP contribution < -0.4 is 10.2 Å². The van der Waals surface area contributed by atoms with Gasteiger partial charge < -0.3 is 10.2 Å². The summed E-state index contributed by atoms with van der Waals surface area (Å²) < 4.78 is 0. The molecule has 4 nitrogen and oxygen atoms in total. The van der Waals surface area contributed by atoms with Gasteiger partial charge in [-0.3, -0.25) is 9.80 Å². The predicted octanol–water partition coefficient (Wildman–Crippen LogP) is 0.565. The standard InChI is InChI=1S/C12H18N2.C5H12N2.2C2H6/c1-13-7-9-14(10-8-13)11-12-5-3-2-4-6-12;1-7-4-2-6-3-5-7;2*1-2/h2-6H,7-11H2,1H3;6H,2-5H2,1H3;2*1-2H3/p+2. The Labute approximate surface area is 157 Å². The number of quaternary nitrogens is 2. The van der Waals surface area contributed by atoms with Gasteiger partial charge in [0, 0.05) is 31.7 Å². The monoisotopic (exact) mass is 352 g/mol. The van der Waals surface area contributed by atoms with Crippen LogP contribution in [0.15, 0.2) is 30.3 Å². The zero-order valence-electron chi connectivity index (χ0n) is 17.7. The van der Waals surface area contributed by atoms with Crippen molar-refractivity contribution in [1.29, 1.82) is 0 Å². The molecule has 2 fully saturated rings. The Morgan fingerprint density at radius 2 is 1.28 bits per heavy atom. The van der Waals surface area contributed by atoms with E-state index in [2.05, 4.69) is 59.5 Å². The fourth-order valence-electron chi connectivity index (χ4n) is 2.88. The number of hydrogen-bond donors (Lipinski definition) is 2. The summed E-state index contributed by atoms with van der Waals surface area (Å²) >= 11 is 0. The molecule has 1 aromatic rings. The lowest BCUT2D eigenvalue weighted by Gasteiger charge is -2.29. The molecule has 0 aliphatic carbocycles. The van der Waals surface area contributed by atoms with E-state index < -0.39 is 0 Å². The number of rotatable bonds is 2. The van der Waals surface area contributed by atoms with Gasteiger partial charge in [-0.25, -0.2) is 0 Å². The molecule has 2 saturated heterocycles. The van der Waals surface area contributed by atoms with Crippen LogP contribution in [-0.2, 0) is 6.54 Å². The zero-order chi connectivity index (χ0) is 18.9. The number of nitrogens with two attached hydrogens (primary N) is 1. The van der Waals surface area contributed by atoms with Gasteiger partial charge in [0.25, 0.3) is 0 Å². The molecule has 3 N–H and O–H groups in total. The molecule has 0 bridgehead atoms. The highest BCUT2D eigenvalue weighted by Gasteiger charge is 2.16. The summed E-state index contributed by atoms with van der Waals surface area (Å²) in [6.45, 7) is 19.3. The van der Waals surface area contributed by atoms with Crippen molar-refractivity contribution in [3.63, 3.8) is 0 Å². The average molecular weight is 353 g/mol. The van der Waals surface area contributed by atoms with Gasteiger partial charge in [-0.05, 0) is 14.1 Å². The molecule has 0 aromatic heterocycles. The van der Waals surface area contributed by atoms with E-state index in [-0.39, 0.29) is 0 Å². The van der Waals surface area contributed by atoms with Gasteiger partial charge in [0.05, 0.1) is 26.2 Å². The Hall–Kier alpha value is -0.940. The second-order valence-corrected chi connectivity index (χ2v) is 6.38. The van der Waals surface area contributed by atoms with Crippen molar-refractivity contribution >= 4 is 0 Å². The van der Waals surface area contributed by atoms with E-state index in [1.807, 2.05) is 27.7 Å². The summed E-state index contributed by atoms with van der Waals surface area (Å²) in [4.78, 5) is 6.49. The molecule has 2 heterocycles. The highest BCUT2D eigenvalue weighted by molar-refractivity contribution is 5.13. The molecule has 2 aliphatic heterocycles. The van der Waals surface area contributed by atoms with Crippen LogP contribution in [0.2, 0.25) is 0 Å². The minimum absolute atomic E-state index is 1.19. The number of benzene rings is 1. The molecule has 0 saturated carbocycles. The lowest BCUT2D eigenvalue weighted by Crippen LogP contribution is -3.13. The maximum atomic E-state index is 2.41. The molecule has 0 radical (unpaired) electrons. The SMILES string of the molecule is CC.CC.CN1CC[NH+](Cc2ccccc2)CC1.CN1CC[NH2+]CC1. The van der Waals surface area contributed by atoms with Crippen molar-refractivity contribution in [1.82, 2.24) is 9.80 Å². The number of nitrogens with zero attached hydrogens (tertiary/aromatic N) is 2. The lowest BCUT2D eigenvalue weighted by molar-refractivity contribution is -0.918. The van der Waals surface area contributed by atoms with Crippen LogP contribution in [0.3, 0.4) is 0 Å². The second kappa shape index (κ2) is 16.5. The fraction of sp³-hybridized carbons (Fsp3) is 0.714. The van der Waals surface area contributed by atoms with Gasteiger partial charge in [0.15, 0.2) is 0 Å². The van der Waals surface area contributed by atoms with Gasteiger partial charge in [-0.2, -0.15) is 0 Å². The first-order valence-corrected chi connectivity index (χ1v) is 10.3. The Bertz CT molecular complexity index is 369. The molecular weight excluding hydrogens is 308 g/mol. The first kappa shape index (κ1) is 24.1. The molecule has 0 atom stereocenters. The Kier molecular flexibility index (Phi) is 15.9. The van der Waals surface area contributed by atoms with Crippen molar-refractivity contribution < 1.29 is 10.2 Å². The average Bonchev–Trinajstić information content (AvgIpc) is 2.69. The topological polar surface area (TPSA) is 27.5 Å². The van der Waals surface area contributed by atoms with Crippen molar-refractivity contribution in [3.05, 3.63) is 35.9 Å². The largest absolute Gasteiger partial charge is 0.344 e. The quantitative estimate of drug-likeness (QED) is 0.814. The van der Waals surface area contributed by atoms with Crippen LogP contribution in [0.4, 0.5) is 0 Å². The van der Waals surface area contributed by atoms with Gasteiger partial charge in [-0.15, -0.1) is 0 Å². The summed E-state index contributed by atoms with van der Waals surface area (Å²) in [6.07, 6.45) is 0. The lowest BCUT2D eigenvalue weighted by atomic mass is 10.2. The highest BCUT2D eigenvalue weighted by atomic mass is 15.2. The van der Waals surface area contributed by atoms with Crippen molar-refractivity contribution in [2.45, 2.75) is 34.2 Å². The summed E-state index contributed by atoms with van der Waals surface area (Å²) in [5.41, 5.74) is 1.46. The fourth-order valence-corrected chi connectivity index (χ4v) is 2.88. The van der Waals surface area contributed by atoms with E-state index in [1.165, 1.54) is 64.5 Å². The third-order valence-corrected chi connectivity index (χ3v) is 4.42. The van der Waals surface area contributed by atoms with E-state index >= 15 is 0 Å². The maximum absolute atomic E-state index is 2.41. The van der Waals surface area contributed by atoms with Crippen LogP contribution in [0, 0.1) is 0 Å². The summed E-state index contributed by atoms with van der Waals surface area (Å²) in [5, 5.41) is 2.36. The van der Waals surface area contributed by atoms with Crippen LogP contribution in [0.25, 0.3) is 0 Å². The highest BCUT2D eigenvalue weighted by Crippen LogP contribution is 1.95. The second-order valence-electron chi connectivity index (χ2n) is 6.38. The first-order valence-electron chi connectivity index (χ1n) is 10.3. The molecule has 4 heteroatoms. The van der Waals surface area contributed by atoms with E-state index in [0.717, 1.165) is 0 Å². The molecule has 1 aromatic carbocycles. The minimum atomic E-state index is 1.19. The third kappa shape index (κ3) is 12.1. The summed E-state index contributed by atoms with van der Waals surface area (Å²) in [5.74, 6) is 0. The van der Waals surface area contributed by atoms with Gasteiger partial charge in [-0.1, -0.05) is 58.0 Å². The Morgan fingerprint density at radius 3 is 1.72 bits per heavy atom. The number of piperazine rings is 2. The smallest absolute Gasteiger partial charge is 0.103 e. The van der Waals surface area contributed by atoms with E-state index in [9.17, 15) is 0 Å². The molecule has 0 amide bonds. The van der Waals surface area contributed by atoms with Crippen molar-refractivity contribution in [2.75, 3.05) is 66.5 Å². The van der Waals surface area contributed by atoms with Crippen molar-refractivity contribution in [2.24, 2.45) is 0 Å². The van der Waals surface area contributed by atoms with Crippen molar-refractivity contribution in [3.8, 4) is 0 Å². The summed E-state index contributed by atoms with van der Waals surface area (Å²) in [7, 11) is 4.38. The normalized spacial score (nSPS) is 18.6. The van der Waals surface area contributed by atoms with Gasteiger partial charge >= 0.3 is 0 Å². The molecule has 0 unspecified atom stereocenters. The number of hydrogen-bond acceptors (Lipinski definition) is 2. The van der Waals surface area contributed by atoms with E-state index in [0.29, 0.717) is 0 Å². The molecule has 25 heavy (non-hydrogen) atoms. The molecular formula is C21H44N4+2. The molecule has 2 aliphatic rings. The van der Waals surface area contributed by atoms with Crippen LogP contribution >= 0.6 is 0 Å². The summed E-state index contributed by atoms with van der Waals surface area (Å²) in [6, 6.07) is 10.8. The van der Waals surface area contributed by atoms with E-state index in [4.69, 9.17) is 0 Å². The first-order chi connectivity index (χ1) is 12.2. The zero-order valence-corrected chi connectivity index (χ0v) is 17.7. The number of likely N-dealkylation sites (N-methyl/N-ethyl adjacent to an activating group) is 2. The Morgan fingerprint density at radius 1 is 0.800 bits per heavy atom. The third-order valence-electron chi connectivity index (χ3n) is 4.42. The van der Waals surface area contributed by atoms with Crippen LogP contribution in [-0.4, -0.2) is 76.3 Å². The van der Waals surface area contributed by atoms with Crippen LogP contribution in [0.1, 0.15) is 33.3 Å². The van der Waals surface area contributed by atoms with Gasteiger partial charge in [0.1, 0.15) is 6.54 Å².